The van der Waals surface area contributed by atoms with Crippen molar-refractivity contribution < 1.29 is 4.79 Å². The molecule has 148 valence electrons. The predicted octanol–water partition coefficient (Wildman–Crippen LogP) is 2.40. The molecular formula is C22H23ClN5O+. The van der Waals surface area contributed by atoms with Crippen LogP contribution in [-0.2, 0) is 6.54 Å². The van der Waals surface area contributed by atoms with Gasteiger partial charge >= 0.3 is 5.84 Å². The lowest BCUT2D eigenvalue weighted by atomic mass is 10.0. The van der Waals surface area contributed by atoms with Gasteiger partial charge in [0.1, 0.15) is 0 Å². The zero-order valence-electron chi connectivity index (χ0n) is 16.3. The van der Waals surface area contributed by atoms with Crippen LogP contribution in [0.3, 0.4) is 0 Å². The summed E-state index contributed by atoms with van der Waals surface area (Å²) in [6.45, 7) is 4.97. The summed E-state index contributed by atoms with van der Waals surface area (Å²) in [6.07, 6.45) is 7.78. The molecule has 0 atom stereocenters. The van der Waals surface area contributed by atoms with Gasteiger partial charge in [0.25, 0.3) is 5.91 Å². The Morgan fingerprint density at radius 1 is 1.24 bits per heavy atom. The van der Waals surface area contributed by atoms with E-state index >= 15 is 0 Å². The van der Waals surface area contributed by atoms with E-state index < -0.39 is 5.91 Å². The molecule has 29 heavy (non-hydrogen) atoms. The number of amidine groups is 1. The fourth-order valence-electron chi connectivity index (χ4n) is 3.84. The number of carbonyl (C=O) groups is 1. The van der Waals surface area contributed by atoms with Gasteiger partial charge in [0.05, 0.1) is 22.9 Å². The van der Waals surface area contributed by atoms with E-state index in [2.05, 4.69) is 15.4 Å². The summed E-state index contributed by atoms with van der Waals surface area (Å²) in [5.41, 5.74) is 16.2. The van der Waals surface area contributed by atoms with Crippen molar-refractivity contribution in [1.82, 2.24) is 14.1 Å². The maximum atomic E-state index is 12.2. The van der Waals surface area contributed by atoms with Crippen molar-refractivity contribution in [2.75, 3.05) is 13.1 Å². The highest BCUT2D eigenvalue weighted by molar-refractivity contribution is 6.33. The highest BCUT2D eigenvalue weighted by Crippen LogP contribution is 2.34. The molecule has 4 rings (SSSR count). The molecule has 4 N–H and O–H groups in total. The molecule has 2 aliphatic rings. The predicted molar refractivity (Wildman–Crippen MR) is 118 cm³/mol. The van der Waals surface area contributed by atoms with E-state index in [9.17, 15) is 4.79 Å². The molecule has 1 amide bonds. The molecule has 2 aromatic rings. The van der Waals surface area contributed by atoms with E-state index in [1.54, 1.807) is 12.3 Å². The van der Waals surface area contributed by atoms with Crippen molar-refractivity contribution in [3.63, 3.8) is 0 Å². The van der Waals surface area contributed by atoms with E-state index in [1.165, 1.54) is 12.8 Å². The van der Waals surface area contributed by atoms with Gasteiger partial charge in [-0.3, -0.25) is 15.4 Å². The first-order valence-corrected chi connectivity index (χ1v) is 9.98. The number of aromatic nitrogens is 1. The highest BCUT2D eigenvalue weighted by Gasteiger charge is 2.21. The second-order valence-corrected chi connectivity index (χ2v) is 7.86. The van der Waals surface area contributed by atoms with Gasteiger partial charge in [0.15, 0.2) is 5.87 Å². The van der Waals surface area contributed by atoms with Crippen molar-refractivity contribution in [3.05, 3.63) is 58.4 Å². The number of allylic oxidation sites excluding steroid dienone is 2. The number of benzene rings is 1. The molecule has 0 spiro atoms. The molecule has 1 fully saturated rings. The molecule has 0 bridgehead atoms. The number of nitrogens with zero attached hydrogens (tertiary/aromatic N) is 3. The minimum absolute atomic E-state index is 0.354. The third-order valence-electron chi connectivity index (χ3n) is 5.32. The fraction of sp³-hybridized carbons (Fsp3) is 0.273. The van der Waals surface area contributed by atoms with Crippen LogP contribution in [-0.4, -0.2) is 40.2 Å². The summed E-state index contributed by atoms with van der Waals surface area (Å²) in [5, 5.41) is 0.577. The lowest BCUT2D eigenvalue weighted by Gasteiger charge is -2.16. The van der Waals surface area contributed by atoms with Gasteiger partial charge in [-0.1, -0.05) is 17.7 Å². The van der Waals surface area contributed by atoms with Gasteiger partial charge < -0.3 is 10.3 Å². The Morgan fingerprint density at radius 2 is 2.00 bits per heavy atom. The van der Waals surface area contributed by atoms with Gasteiger partial charge in [-0.2, -0.15) is 4.67 Å². The van der Waals surface area contributed by atoms with Crippen molar-refractivity contribution in [1.29, 1.82) is 0 Å². The first-order chi connectivity index (χ1) is 13.9. The average molecular weight is 409 g/mol. The van der Waals surface area contributed by atoms with E-state index in [4.69, 9.17) is 23.1 Å². The molecule has 0 saturated carbocycles. The number of likely N-dealkylation sites (tertiary alicyclic amines) is 1. The summed E-state index contributed by atoms with van der Waals surface area (Å²) < 4.78 is 5.81. The lowest BCUT2D eigenvalue weighted by molar-refractivity contribution is 0.100. The van der Waals surface area contributed by atoms with Crippen molar-refractivity contribution >= 4 is 34.9 Å². The minimum atomic E-state index is -0.511. The Kier molecular flexibility index (Phi) is 5.18. The number of hydrogen-bond donors (Lipinski definition) is 2. The summed E-state index contributed by atoms with van der Waals surface area (Å²) in [4.78, 5) is 14.6. The summed E-state index contributed by atoms with van der Waals surface area (Å²) in [5.74, 6) is 2.72. The minimum Gasteiger partial charge on any atom is -0.366 e. The van der Waals surface area contributed by atoms with Crippen LogP contribution in [0.15, 0.2) is 42.2 Å². The summed E-state index contributed by atoms with van der Waals surface area (Å²) in [6, 6.07) is 5.97. The van der Waals surface area contributed by atoms with Crippen LogP contribution < -0.4 is 16.1 Å². The number of rotatable bonds is 5. The van der Waals surface area contributed by atoms with E-state index in [0.29, 0.717) is 22.0 Å². The van der Waals surface area contributed by atoms with Crippen molar-refractivity contribution in [2.45, 2.75) is 26.3 Å². The first kappa shape index (κ1) is 19.3. The number of hydrogen-bond acceptors (Lipinski definition) is 3. The smallest absolute Gasteiger partial charge is 0.366 e. The summed E-state index contributed by atoms with van der Waals surface area (Å²) in [7, 11) is 0. The molecule has 6 nitrogen and oxygen atoms in total. The molecule has 2 aliphatic heterocycles. The van der Waals surface area contributed by atoms with Gasteiger partial charge in [-0.05, 0) is 50.6 Å². The van der Waals surface area contributed by atoms with Gasteiger partial charge in [-0.15, -0.1) is 0 Å². The molecule has 3 heterocycles. The van der Waals surface area contributed by atoms with E-state index in [-0.39, 0.29) is 0 Å². The topological polar surface area (TPSA) is 91.4 Å². The normalized spacial score (nSPS) is 16.6. The molecular weight excluding hydrogens is 386 g/mol. The number of primary amides is 1. The van der Waals surface area contributed by atoms with Crippen LogP contribution in [0.1, 0.15) is 35.7 Å². The molecule has 0 aliphatic carbocycles. The third-order valence-corrected chi connectivity index (χ3v) is 5.65. The molecule has 0 radical (unpaired) electrons. The SMILES string of the molecule is CC1=C=[N+]=C(N)C=C1n1cc(C(N)=O)c(-c2cc(CN3CCCC3)ccc2Cl)c1. The van der Waals surface area contributed by atoms with Crippen LogP contribution in [0, 0.1) is 0 Å². The lowest BCUT2D eigenvalue weighted by Crippen LogP contribution is -2.18. The van der Waals surface area contributed by atoms with E-state index in [0.717, 1.165) is 42.0 Å². The molecule has 0 unspecified atom stereocenters. The van der Waals surface area contributed by atoms with E-state index in [1.807, 2.05) is 35.9 Å². The number of nitrogens with two attached hydrogens (primary N) is 2. The number of amides is 1. The molecule has 1 aromatic carbocycles. The number of halogens is 1. The maximum Gasteiger partial charge on any atom is 0.379 e. The number of carbonyl (C=O) groups excluding carboxylic acids is 1. The van der Waals surface area contributed by atoms with Crippen LogP contribution >= 0.6 is 11.6 Å². The zero-order valence-corrected chi connectivity index (χ0v) is 17.0. The van der Waals surface area contributed by atoms with Crippen LogP contribution in [0.5, 0.6) is 0 Å². The van der Waals surface area contributed by atoms with Crippen LogP contribution in [0.4, 0.5) is 0 Å². The molecule has 1 saturated heterocycles. The Hall–Kier alpha value is -3.01. The van der Waals surface area contributed by atoms with Crippen molar-refractivity contribution in [2.24, 2.45) is 11.5 Å². The molecule has 7 heteroatoms. The Bertz CT molecular complexity index is 1120. The molecule has 1 aromatic heterocycles. The van der Waals surface area contributed by atoms with Crippen LogP contribution in [0.25, 0.3) is 16.8 Å². The second-order valence-electron chi connectivity index (χ2n) is 7.46. The standard InChI is InChI=1S/C22H22ClN5O/c1-14-10-26-21(24)9-20(14)28-12-17(18(13-28)22(25)29)16-8-15(4-5-19(16)23)11-27-6-2-3-7-27/h4-5,8-9,12-13,24H,2-3,6-7,11H2,1H3,(H2,25,29)/p+1. The van der Waals surface area contributed by atoms with Gasteiger partial charge in [0.2, 0.25) is 0 Å². The average Bonchev–Trinajstić information content (AvgIpc) is 3.35. The van der Waals surface area contributed by atoms with Crippen molar-refractivity contribution in [3.8, 4) is 11.1 Å². The quantitative estimate of drug-likeness (QED) is 0.744. The fourth-order valence-corrected chi connectivity index (χ4v) is 4.05. The summed E-state index contributed by atoms with van der Waals surface area (Å²) >= 11 is 6.52. The maximum absolute atomic E-state index is 12.2. The van der Waals surface area contributed by atoms with Gasteiger partial charge in [-0.25, -0.2) is 0 Å². The Balaban J connectivity index is 1.77. The zero-order chi connectivity index (χ0) is 20.5. The Morgan fingerprint density at radius 3 is 2.72 bits per heavy atom. The second kappa shape index (κ2) is 7.78. The van der Waals surface area contributed by atoms with Crippen LogP contribution in [0.2, 0.25) is 5.02 Å². The largest absolute Gasteiger partial charge is 0.379 e. The first-order valence-electron chi connectivity index (χ1n) is 9.60. The highest BCUT2D eigenvalue weighted by atomic mass is 35.5. The Labute approximate surface area is 174 Å². The monoisotopic (exact) mass is 408 g/mol. The third kappa shape index (κ3) is 3.93. The van der Waals surface area contributed by atoms with Gasteiger partial charge in [0, 0.05) is 35.1 Å².